The van der Waals surface area contributed by atoms with Crippen molar-refractivity contribution in [1.82, 2.24) is 0 Å². The van der Waals surface area contributed by atoms with Gasteiger partial charge in [0.05, 0.1) is 43.2 Å². The van der Waals surface area contributed by atoms with E-state index in [4.69, 9.17) is 38.4 Å². The SMILES string of the molecule is Nc1cc(Oc2ccc(C(F)(F)F)cc2Cl)c(F)cc1[N+](=O)[O-].O=[N+]([O-])c1cc(F)c(Oc2ccc(C(F)(F)F)cc2Cl)cc1F. The Hall–Kier alpha value is -4.97. The molecule has 0 unspecified atom stereocenters. The monoisotopic (exact) mass is 703 g/mol. The predicted molar refractivity (Wildman–Crippen MR) is 144 cm³/mol. The molecule has 0 radical (unpaired) electrons. The maximum Gasteiger partial charge on any atom is 0.416 e. The lowest BCUT2D eigenvalue weighted by molar-refractivity contribution is -0.387. The zero-order valence-corrected chi connectivity index (χ0v) is 23.4. The van der Waals surface area contributed by atoms with Gasteiger partial charge in [0, 0.05) is 12.1 Å². The van der Waals surface area contributed by atoms with E-state index in [-0.39, 0.29) is 17.2 Å². The van der Waals surface area contributed by atoms with E-state index in [1.165, 1.54) is 0 Å². The molecule has 0 saturated carbocycles. The molecule has 0 aliphatic rings. The summed E-state index contributed by atoms with van der Waals surface area (Å²) in [5, 5.41) is 20.2. The fourth-order valence-corrected chi connectivity index (χ4v) is 3.73. The Morgan fingerprint density at radius 2 is 0.978 bits per heavy atom. The minimum atomic E-state index is -4.63. The first-order valence-electron chi connectivity index (χ1n) is 11.6. The second-order valence-electron chi connectivity index (χ2n) is 8.58. The molecule has 244 valence electrons. The van der Waals surface area contributed by atoms with Crippen LogP contribution in [0, 0.1) is 37.7 Å². The van der Waals surface area contributed by atoms with E-state index in [2.05, 4.69) is 0 Å². The van der Waals surface area contributed by atoms with Crippen molar-refractivity contribution in [2.75, 3.05) is 5.73 Å². The van der Waals surface area contributed by atoms with Crippen molar-refractivity contribution in [2.45, 2.75) is 12.4 Å². The molecule has 4 aromatic carbocycles. The van der Waals surface area contributed by atoms with Gasteiger partial charge in [0.2, 0.25) is 5.82 Å². The minimum absolute atomic E-state index is 0.258. The van der Waals surface area contributed by atoms with E-state index in [9.17, 15) is 59.7 Å². The Morgan fingerprint density at radius 3 is 1.35 bits per heavy atom. The number of nitrogens with zero attached hydrogens (tertiary/aromatic N) is 2. The van der Waals surface area contributed by atoms with Gasteiger partial charge in [0.1, 0.15) is 17.2 Å². The van der Waals surface area contributed by atoms with Crippen molar-refractivity contribution >= 4 is 40.3 Å². The van der Waals surface area contributed by atoms with Crippen LogP contribution in [0.25, 0.3) is 0 Å². The molecule has 4 aromatic rings. The number of hydrogen-bond donors (Lipinski definition) is 1. The molecular weight excluding hydrogens is 692 g/mol. The quantitative estimate of drug-likeness (QED) is 0.0915. The third kappa shape index (κ3) is 8.60. The molecule has 4 rings (SSSR count). The molecule has 2 N–H and O–H groups in total. The van der Waals surface area contributed by atoms with Crippen LogP contribution in [0.2, 0.25) is 10.0 Å². The number of nitro benzene ring substituents is 2. The topological polar surface area (TPSA) is 131 Å². The lowest BCUT2D eigenvalue weighted by Crippen LogP contribution is -2.04. The largest absolute Gasteiger partial charge is 0.453 e. The Bertz CT molecular complexity index is 1690. The number of ether oxygens (including phenoxy) is 2. The molecule has 0 heterocycles. The van der Waals surface area contributed by atoms with Gasteiger partial charge >= 0.3 is 18.0 Å². The number of nitrogen functional groups attached to an aromatic ring is 1. The Kier molecular flexibility index (Phi) is 10.5. The second-order valence-corrected chi connectivity index (χ2v) is 9.39. The number of halogens is 11. The third-order valence-electron chi connectivity index (χ3n) is 5.43. The number of benzene rings is 4. The van der Waals surface area contributed by atoms with Gasteiger partial charge in [0.15, 0.2) is 23.1 Å². The molecule has 0 amide bonds. The average molecular weight is 704 g/mol. The number of anilines is 1. The lowest BCUT2D eigenvalue weighted by Gasteiger charge is -2.12. The molecule has 0 saturated heterocycles. The predicted octanol–water partition coefficient (Wildman–Crippen LogP) is 10.1. The number of nitrogens with two attached hydrogens (primary N) is 1. The molecule has 0 aromatic heterocycles. The molecule has 0 bridgehead atoms. The van der Waals surface area contributed by atoms with Gasteiger partial charge in [-0.1, -0.05) is 23.2 Å². The third-order valence-corrected chi connectivity index (χ3v) is 6.02. The highest BCUT2D eigenvalue weighted by atomic mass is 35.5. The van der Waals surface area contributed by atoms with Gasteiger partial charge in [-0.15, -0.1) is 0 Å². The lowest BCUT2D eigenvalue weighted by atomic mass is 10.2. The minimum Gasteiger partial charge on any atom is -0.453 e. The Labute approximate surface area is 259 Å². The standard InChI is InChI=1S/C13H5ClF5NO3.C13H7ClF4N2O3/c14-7-3-6(13(17,18)19)1-2-11(7)23-12-5-8(15)10(20(21)22)4-9(12)16;14-7-3-6(13(16,17)18)1-2-11(7)23-12-5-9(19)10(20(21)22)4-8(12)15/h1-5H;1-5H,19H2. The van der Waals surface area contributed by atoms with Crippen LogP contribution in [0.4, 0.5) is 56.6 Å². The van der Waals surface area contributed by atoms with Crippen LogP contribution in [0.15, 0.2) is 60.7 Å². The second kappa shape index (κ2) is 13.6. The summed E-state index contributed by atoms with van der Waals surface area (Å²) in [6.45, 7) is 0. The molecule has 0 aliphatic heterocycles. The molecule has 0 fully saturated rings. The summed E-state index contributed by atoms with van der Waals surface area (Å²) in [6, 6.07) is 6.33. The average Bonchev–Trinajstić information content (AvgIpc) is 2.93. The number of nitro groups is 2. The van der Waals surface area contributed by atoms with Crippen molar-refractivity contribution in [2.24, 2.45) is 0 Å². The molecular formula is C26H12Cl2F9N3O6. The van der Waals surface area contributed by atoms with Crippen molar-refractivity contribution in [3.63, 3.8) is 0 Å². The highest BCUT2D eigenvalue weighted by Gasteiger charge is 2.32. The summed E-state index contributed by atoms with van der Waals surface area (Å²) in [5.41, 5.74) is 1.21. The van der Waals surface area contributed by atoms with E-state index >= 15 is 0 Å². The van der Waals surface area contributed by atoms with Crippen LogP contribution in [-0.2, 0) is 12.4 Å². The molecule has 9 nitrogen and oxygen atoms in total. The summed E-state index contributed by atoms with van der Waals surface area (Å²) in [6.07, 6.45) is -9.22. The first kappa shape index (κ1) is 35.5. The van der Waals surface area contributed by atoms with Crippen molar-refractivity contribution < 1.29 is 58.8 Å². The van der Waals surface area contributed by atoms with Crippen LogP contribution in [0.5, 0.6) is 23.0 Å². The van der Waals surface area contributed by atoms with E-state index in [1.807, 2.05) is 0 Å². The Morgan fingerprint density at radius 1 is 0.587 bits per heavy atom. The van der Waals surface area contributed by atoms with E-state index in [0.717, 1.165) is 18.2 Å². The van der Waals surface area contributed by atoms with Crippen LogP contribution < -0.4 is 15.2 Å². The molecule has 0 spiro atoms. The van der Waals surface area contributed by atoms with Crippen LogP contribution in [0.1, 0.15) is 11.1 Å². The van der Waals surface area contributed by atoms with Gasteiger partial charge in [-0.05, 0) is 36.4 Å². The molecule has 20 heteroatoms. The maximum atomic E-state index is 13.8. The Balaban J connectivity index is 0.000000250. The summed E-state index contributed by atoms with van der Waals surface area (Å²) in [5.74, 6) is -5.63. The fraction of sp³-hybridized carbons (Fsp3) is 0.0769. The van der Waals surface area contributed by atoms with Gasteiger partial charge in [-0.2, -0.15) is 30.7 Å². The van der Waals surface area contributed by atoms with E-state index in [1.54, 1.807) is 0 Å². The van der Waals surface area contributed by atoms with E-state index in [0.29, 0.717) is 42.5 Å². The van der Waals surface area contributed by atoms with Crippen LogP contribution in [0.3, 0.4) is 0 Å². The normalized spacial score (nSPS) is 11.4. The molecule has 0 aliphatic carbocycles. The highest BCUT2D eigenvalue weighted by Crippen LogP contribution is 2.40. The first-order valence-corrected chi connectivity index (χ1v) is 12.4. The zero-order chi connectivity index (χ0) is 34.7. The van der Waals surface area contributed by atoms with Crippen molar-refractivity contribution in [3.8, 4) is 23.0 Å². The summed E-state index contributed by atoms with van der Waals surface area (Å²) in [7, 11) is 0. The summed E-state index contributed by atoms with van der Waals surface area (Å²) < 4.78 is 126. The number of rotatable bonds is 6. The van der Waals surface area contributed by atoms with Crippen molar-refractivity contribution in [3.05, 3.63) is 120 Å². The van der Waals surface area contributed by atoms with Crippen LogP contribution in [-0.4, -0.2) is 9.85 Å². The number of alkyl halides is 6. The van der Waals surface area contributed by atoms with E-state index < -0.39 is 83.7 Å². The zero-order valence-electron chi connectivity index (χ0n) is 21.9. The number of hydrogen-bond acceptors (Lipinski definition) is 7. The van der Waals surface area contributed by atoms with Gasteiger partial charge in [-0.3, -0.25) is 20.2 Å². The molecule has 46 heavy (non-hydrogen) atoms. The fourth-order valence-electron chi connectivity index (χ4n) is 3.29. The van der Waals surface area contributed by atoms with Crippen LogP contribution >= 0.6 is 23.2 Å². The molecule has 0 atom stereocenters. The highest BCUT2D eigenvalue weighted by molar-refractivity contribution is 6.32. The van der Waals surface area contributed by atoms with Crippen molar-refractivity contribution in [1.29, 1.82) is 0 Å². The first-order chi connectivity index (χ1) is 21.2. The van der Waals surface area contributed by atoms with Gasteiger partial charge < -0.3 is 15.2 Å². The van der Waals surface area contributed by atoms with Gasteiger partial charge in [-0.25, -0.2) is 8.78 Å². The summed E-state index contributed by atoms with van der Waals surface area (Å²) >= 11 is 11.3. The smallest absolute Gasteiger partial charge is 0.416 e. The summed E-state index contributed by atoms with van der Waals surface area (Å²) in [4.78, 5) is 19.1. The van der Waals surface area contributed by atoms with Gasteiger partial charge in [0.25, 0.3) is 5.69 Å². The maximum absolute atomic E-state index is 13.8.